The van der Waals surface area contributed by atoms with Crippen molar-refractivity contribution in [2.45, 2.75) is 42.1 Å². The van der Waals surface area contributed by atoms with Crippen LogP contribution in [0.3, 0.4) is 0 Å². The molecule has 1 saturated carbocycles. The Hall–Kier alpha value is -1.12. The molecule has 1 aromatic rings. The fourth-order valence-corrected chi connectivity index (χ4v) is 4.31. The summed E-state index contributed by atoms with van der Waals surface area (Å²) >= 11 is 2.91. The third kappa shape index (κ3) is 5.19. The molecule has 0 spiro atoms. The third-order valence-corrected chi connectivity index (χ3v) is 6.10. The van der Waals surface area contributed by atoms with E-state index in [1.807, 2.05) is 0 Å². The van der Waals surface area contributed by atoms with Crippen molar-refractivity contribution in [2.24, 2.45) is 0 Å². The number of rotatable bonds is 8. The molecular formula is C15H23N5OS2. The number of likely N-dealkylation sites (tertiary alicyclic amines) is 1. The van der Waals surface area contributed by atoms with Gasteiger partial charge in [-0.05, 0) is 25.7 Å². The van der Waals surface area contributed by atoms with Crippen LogP contribution in [0.2, 0.25) is 0 Å². The van der Waals surface area contributed by atoms with E-state index in [0.29, 0.717) is 18.3 Å². The molecule has 6 nitrogen and oxygen atoms in total. The lowest BCUT2D eigenvalue weighted by Gasteiger charge is -2.32. The van der Waals surface area contributed by atoms with E-state index >= 15 is 0 Å². The van der Waals surface area contributed by atoms with Crippen LogP contribution in [-0.2, 0) is 4.79 Å². The average Bonchev–Trinajstić information content (AvgIpc) is 3.31. The van der Waals surface area contributed by atoms with Crippen molar-refractivity contribution >= 4 is 34.1 Å². The number of nitrogens with zero attached hydrogens (tertiary/aromatic N) is 3. The number of hydrogen-bond donors (Lipinski definition) is 2. The summed E-state index contributed by atoms with van der Waals surface area (Å²) in [5, 5.41) is 15.1. The smallest absolute Gasteiger partial charge is 0.230 e. The summed E-state index contributed by atoms with van der Waals surface area (Å²) in [4.78, 5) is 14.6. The van der Waals surface area contributed by atoms with E-state index in [4.69, 9.17) is 0 Å². The Bertz CT molecular complexity index is 538. The van der Waals surface area contributed by atoms with E-state index in [9.17, 15) is 4.79 Å². The highest BCUT2D eigenvalue weighted by molar-refractivity contribution is 8.01. The first-order chi connectivity index (χ1) is 11.2. The maximum Gasteiger partial charge on any atom is 0.230 e. The van der Waals surface area contributed by atoms with Crippen LogP contribution >= 0.6 is 23.1 Å². The summed E-state index contributed by atoms with van der Waals surface area (Å²) in [6.45, 7) is 6.56. The molecule has 0 aromatic carbocycles. The topological polar surface area (TPSA) is 70.1 Å². The number of nitrogens with one attached hydrogen (secondary N) is 2. The fourth-order valence-electron chi connectivity index (χ4n) is 2.74. The van der Waals surface area contributed by atoms with Crippen LogP contribution in [0.15, 0.2) is 17.0 Å². The Balaban J connectivity index is 1.34. The molecule has 0 bridgehead atoms. The molecule has 2 N–H and O–H groups in total. The highest BCUT2D eigenvalue weighted by Crippen LogP contribution is 2.29. The van der Waals surface area contributed by atoms with Gasteiger partial charge in [-0.1, -0.05) is 29.2 Å². The standard InChI is InChI=1S/C15H23N5OS2/c1-2-7-16-14-18-19-15(23-14)22-10-13(21)17-11-5-8-20(9-6-11)12-3-4-12/h2,11-12H,1,3-10H2,(H,16,18)(H,17,21). The van der Waals surface area contributed by atoms with Crippen LogP contribution in [0.1, 0.15) is 25.7 Å². The first-order valence-electron chi connectivity index (χ1n) is 8.09. The van der Waals surface area contributed by atoms with E-state index in [2.05, 4.69) is 32.3 Å². The normalized spacial score (nSPS) is 19.5. The van der Waals surface area contributed by atoms with Gasteiger partial charge in [0.05, 0.1) is 5.75 Å². The maximum atomic E-state index is 12.1. The maximum absolute atomic E-state index is 12.1. The molecule has 0 radical (unpaired) electrons. The molecule has 23 heavy (non-hydrogen) atoms. The Kier molecular flexibility index (Phi) is 5.91. The van der Waals surface area contributed by atoms with Crippen molar-refractivity contribution < 1.29 is 4.79 Å². The molecule has 2 aliphatic rings. The number of amides is 1. The molecule has 1 aliphatic carbocycles. The average molecular weight is 354 g/mol. The van der Waals surface area contributed by atoms with Crippen molar-refractivity contribution in [1.82, 2.24) is 20.4 Å². The molecule has 2 fully saturated rings. The number of aromatic nitrogens is 2. The van der Waals surface area contributed by atoms with Crippen molar-refractivity contribution in [1.29, 1.82) is 0 Å². The van der Waals surface area contributed by atoms with Crippen LogP contribution in [0, 0.1) is 0 Å². The Morgan fingerprint density at radius 1 is 1.35 bits per heavy atom. The number of carbonyl (C=O) groups is 1. The molecule has 3 rings (SSSR count). The predicted octanol–water partition coefficient (Wildman–Crippen LogP) is 1.97. The quantitative estimate of drug-likeness (QED) is 0.550. The minimum absolute atomic E-state index is 0.0932. The van der Waals surface area contributed by atoms with Crippen LogP contribution in [0.4, 0.5) is 5.13 Å². The zero-order chi connectivity index (χ0) is 16.1. The molecule has 1 aromatic heterocycles. The molecule has 0 unspecified atom stereocenters. The monoisotopic (exact) mass is 353 g/mol. The van der Waals surface area contributed by atoms with Gasteiger partial charge in [0.2, 0.25) is 11.0 Å². The Labute approximate surface area is 145 Å². The van der Waals surface area contributed by atoms with Crippen molar-refractivity contribution in [3.8, 4) is 0 Å². The van der Waals surface area contributed by atoms with Crippen molar-refractivity contribution in [3.63, 3.8) is 0 Å². The molecule has 1 amide bonds. The van der Waals surface area contributed by atoms with Gasteiger partial charge in [-0.25, -0.2) is 0 Å². The number of carbonyl (C=O) groups excluding carboxylic acids is 1. The largest absolute Gasteiger partial charge is 0.357 e. The van der Waals surface area contributed by atoms with Gasteiger partial charge in [-0.15, -0.1) is 16.8 Å². The molecule has 0 atom stereocenters. The van der Waals surface area contributed by atoms with Gasteiger partial charge in [0.1, 0.15) is 0 Å². The lowest BCUT2D eigenvalue weighted by atomic mass is 10.1. The molecule has 126 valence electrons. The zero-order valence-corrected chi connectivity index (χ0v) is 14.8. The van der Waals surface area contributed by atoms with Gasteiger partial charge < -0.3 is 15.5 Å². The summed E-state index contributed by atoms with van der Waals surface area (Å²) in [6, 6.07) is 1.17. The van der Waals surface area contributed by atoms with Crippen LogP contribution in [0.25, 0.3) is 0 Å². The molecule has 8 heteroatoms. The van der Waals surface area contributed by atoms with Crippen LogP contribution in [0.5, 0.6) is 0 Å². The van der Waals surface area contributed by atoms with Crippen molar-refractivity contribution in [2.75, 3.05) is 30.7 Å². The lowest BCUT2D eigenvalue weighted by molar-refractivity contribution is -0.119. The van der Waals surface area contributed by atoms with Crippen LogP contribution in [-0.4, -0.2) is 58.5 Å². The number of anilines is 1. The molecule has 1 aliphatic heterocycles. The van der Waals surface area contributed by atoms with E-state index in [-0.39, 0.29) is 5.91 Å². The van der Waals surface area contributed by atoms with E-state index < -0.39 is 0 Å². The summed E-state index contributed by atoms with van der Waals surface area (Å²) < 4.78 is 0.815. The number of hydrogen-bond acceptors (Lipinski definition) is 7. The third-order valence-electron chi connectivity index (χ3n) is 4.09. The van der Waals surface area contributed by atoms with Gasteiger partial charge in [0.25, 0.3) is 0 Å². The predicted molar refractivity (Wildman–Crippen MR) is 95.1 cm³/mol. The second-order valence-electron chi connectivity index (χ2n) is 5.94. The highest BCUT2D eigenvalue weighted by atomic mass is 32.2. The second kappa shape index (κ2) is 8.12. The number of piperidine rings is 1. The lowest BCUT2D eigenvalue weighted by Crippen LogP contribution is -2.45. The summed E-state index contributed by atoms with van der Waals surface area (Å²) in [7, 11) is 0. The van der Waals surface area contributed by atoms with Crippen molar-refractivity contribution in [3.05, 3.63) is 12.7 Å². The Morgan fingerprint density at radius 3 is 2.83 bits per heavy atom. The van der Waals surface area contributed by atoms with Gasteiger partial charge >= 0.3 is 0 Å². The summed E-state index contributed by atoms with van der Waals surface area (Å²) in [5.74, 6) is 0.495. The van der Waals surface area contributed by atoms with Gasteiger partial charge in [0, 0.05) is 31.7 Å². The molecular weight excluding hydrogens is 330 g/mol. The first kappa shape index (κ1) is 16.7. The minimum atomic E-state index is 0.0932. The summed E-state index contributed by atoms with van der Waals surface area (Å²) in [6.07, 6.45) is 6.64. The number of thioether (sulfide) groups is 1. The highest BCUT2D eigenvalue weighted by Gasteiger charge is 2.32. The Morgan fingerprint density at radius 2 is 2.13 bits per heavy atom. The SMILES string of the molecule is C=CCNc1nnc(SCC(=O)NC2CCN(C3CC3)CC2)s1. The molecule has 1 saturated heterocycles. The van der Waals surface area contributed by atoms with Crippen LogP contribution < -0.4 is 10.6 Å². The van der Waals surface area contributed by atoms with Gasteiger partial charge in [-0.2, -0.15) is 0 Å². The van der Waals surface area contributed by atoms with E-state index in [1.165, 1.54) is 35.9 Å². The van der Waals surface area contributed by atoms with E-state index in [1.54, 1.807) is 6.08 Å². The molecule has 2 heterocycles. The van der Waals surface area contributed by atoms with E-state index in [0.717, 1.165) is 41.4 Å². The fraction of sp³-hybridized carbons (Fsp3) is 0.667. The zero-order valence-electron chi connectivity index (χ0n) is 13.2. The second-order valence-corrected chi connectivity index (χ2v) is 8.14. The summed E-state index contributed by atoms with van der Waals surface area (Å²) in [5.41, 5.74) is 0. The van der Waals surface area contributed by atoms with Gasteiger partial charge in [-0.3, -0.25) is 4.79 Å². The minimum Gasteiger partial charge on any atom is -0.357 e. The van der Waals surface area contributed by atoms with Gasteiger partial charge in [0.15, 0.2) is 4.34 Å². The first-order valence-corrected chi connectivity index (χ1v) is 9.89.